The number of piperazine rings is 1. The summed E-state index contributed by atoms with van der Waals surface area (Å²) in [5.41, 5.74) is 1.76. The van der Waals surface area contributed by atoms with E-state index in [4.69, 9.17) is 0 Å². The summed E-state index contributed by atoms with van der Waals surface area (Å²) in [5.74, 6) is -0.226. The van der Waals surface area contributed by atoms with E-state index in [1.165, 1.54) is 12.1 Å². The Morgan fingerprint density at radius 2 is 1.65 bits per heavy atom. The largest absolute Gasteiger partial charge is 0.369 e. The third kappa shape index (κ3) is 5.29. The molecule has 1 aliphatic rings. The van der Waals surface area contributed by atoms with Gasteiger partial charge in [-0.3, -0.25) is 9.69 Å². The summed E-state index contributed by atoms with van der Waals surface area (Å²) in [6.45, 7) is 5.49. The second kappa shape index (κ2) is 9.14. The van der Waals surface area contributed by atoms with Crippen LogP contribution in [0.15, 0.2) is 53.0 Å². The number of carbonyl (C=O) groups excluding carboxylic acids is 1. The number of halogens is 2. The zero-order valence-electron chi connectivity index (χ0n) is 14.6. The lowest BCUT2D eigenvalue weighted by Crippen LogP contribution is -2.47. The molecular weight excluding hydrogens is 397 g/mol. The van der Waals surface area contributed by atoms with Gasteiger partial charge in [-0.25, -0.2) is 4.39 Å². The lowest BCUT2D eigenvalue weighted by atomic mass is 10.2. The van der Waals surface area contributed by atoms with Gasteiger partial charge in [0, 0.05) is 48.4 Å². The summed E-state index contributed by atoms with van der Waals surface area (Å²) in [5, 5.41) is 2.97. The highest BCUT2D eigenvalue weighted by atomic mass is 79.9. The fourth-order valence-corrected chi connectivity index (χ4v) is 3.35. The Kier molecular flexibility index (Phi) is 6.63. The maximum Gasteiger partial charge on any atom is 0.251 e. The molecule has 4 nitrogen and oxygen atoms in total. The number of carbonyl (C=O) groups is 1. The first-order chi connectivity index (χ1) is 12.6. The van der Waals surface area contributed by atoms with Crippen molar-refractivity contribution in [1.29, 1.82) is 0 Å². The molecule has 0 bridgehead atoms. The molecule has 0 saturated carbocycles. The summed E-state index contributed by atoms with van der Waals surface area (Å²) in [6.07, 6.45) is 0.929. The van der Waals surface area contributed by atoms with Crippen molar-refractivity contribution in [3.05, 3.63) is 64.4 Å². The monoisotopic (exact) mass is 419 g/mol. The predicted octanol–water partition coefficient (Wildman–Crippen LogP) is 3.53. The van der Waals surface area contributed by atoms with Crippen LogP contribution in [0.25, 0.3) is 0 Å². The Morgan fingerprint density at radius 1 is 1.00 bits per heavy atom. The number of amides is 1. The molecule has 0 spiro atoms. The van der Waals surface area contributed by atoms with Gasteiger partial charge in [-0.15, -0.1) is 0 Å². The number of rotatable bonds is 6. The number of nitrogens with zero attached hydrogens (tertiary/aromatic N) is 2. The number of hydrogen-bond donors (Lipinski definition) is 1. The van der Waals surface area contributed by atoms with Crippen LogP contribution >= 0.6 is 15.9 Å². The molecule has 3 rings (SSSR count). The third-order valence-corrected chi connectivity index (χ3v) is 5.14. The Morgan fingerprint density at radius 3 is 2.31 bits per heavy atom. The molecule has 0 unspecified atom stereocenters. The second-order valence-electron chi connectivity index (χ2n) is 6.42. The van der Waals surface area contributed by atoms with E-state index in [9.17, 15) is 9.18 Å². The highest BCUT2D eigenvalue weighted by molar-refractivity contribution is 9.10. The molecule has 0 aromatic heterocycles. The highest BCUT2D eigenvalue weighted by Gasteiger charge is 2.16. The van der Waals surface area contributed by atoms with E-state index in [0.717, 1.165) is 49.3 Å². The Bertz CT molecular complexity index is 713. The molecule has 138 valence electrons. The molecule has 2 aromatic carbocycles. The van der Waals surface area contributed by atoms with Crippen molar-refractivity contribution in [1.82, 2.24) is 10.2 Å². The number of benzene rings is 2. The fraction of sp³-hybridized carbons (Fsp3) is 0.350. The molecule has 0 radical (unpaired) electrons. The van der Waals surface area contributed by atoms with Crippen LogP contribution in [0.1, 0.15) is 16.8 Å². The van der Waals surface area contributed by atoms with Crippen LogP contribution in [-0.2, 0) is 0 Å². The van der Waals surface area contributed by atoms with Crippen LogP contribution in [-0.4, -0.2) is 50.1 Å². The van der Waals surface area contributed by atoms with Crippen molar-refractivity contribution < 1.29 is 9.18 Å². The maximum absolute atomic E-state index is 13.0. The first-order valence-electron chi connectivity index (χ1n) is 8.88. The SMILES string of the molecule is O=C(NCCCN1CCN(c2ccc(F)cc2)CC1)c1ccc(Br)cc1. The topological polar surface area (TPSA) is 35.6 Å². The van der Waals surface area contributed by atoms with Gasteiger partial charge >= 0.3 is 0 Å². The fourth-order valence-electron chi connectivity index (χ4n) is 3.09. The van der Waals surface area contributed by atoms with Gasteiger partial charge in [-0.1, -0.05) is 15.9 Å². The van der Waals surface area contributed by atoms with Crippen molar-refractivity contribution >= 4 is 27.5 Å². The molecule has 1 aliphatic heterocycles. The van der Waals surface area contributed by atoms with Gasteiger partial charge in [0.25, 0.3) is 5.91 Å². The molecule has 1 fully saturated rings. The van der Waals surface area contributed by atoms with Crippen molar-refractivity contribution in [3.8, 4) is 0 Å². The Balaban J connectivity index is 1.34. The van der Waals surface area contributed by atoms with E-state index in [1.807, 2.05) is 36.4 Å². The van der Waals surface area contributed by atoms with E-state index >= 15 is 0 Å². The second-order valence-corrected chi connectivity index (χ2v) is 7.34. The van der Waals surface area contributed by atoms with E-state index in [-0.39, 0.29) is 11.7 Å². The maximum atomic E-state index is 13.0. The number of hydrogen-bond acceptors (Lipinski definition) is 3. The quantitative estimate of drug-likeness (QED) is 0.727. The van der Waals surface area contributed by atoms with Gasteiger partial charge in [0.2, 0.25) is 0 Å². The Labute approximate surface area is 162 Å². The molecule has 1 saturated heterocycles. The number of anilines is 1. The van der Waals surface area contributed by atoms with Crippen LogP contribution in [0.4, 0.5) is 10.1 Å². The zero-order chi connectivity index (χ0) is 18.4. The molecule has 1 amide bonds. The molecule has 1 N–H and O–H groups in total. The van der Waals surface area contributed by atoms with Crippen molar-refractivity contribution in [2.45, 2.75) is 6.42 Å². The molecule has 0 atom stereocenters. The smallest absolute Gasteiger partial charge is 0.251 e. The molecule has 0 aliphatic carbocycles. The van der Waals surface area contributed by atoms with Gasteiger partial charge in [-0.2, -0.15) is 0 Å². The first kappa shape index (κ1) is 18.9. The first-order valence-corrected chi connectivity index (χ1v) is 9.68. The van der Waals surface area contributed by atoms with Crippen LogP contribution < -0.4 is 10.2 Å². The Hall–Kier alpha value is -1.92. The van der Waals surface area contributed by atoms with Gasteiger partial charge in [-0.05, 0) is 61.5 Å². The highest BCUT2D eigenvalue weighted by Crippen LogP contribution is 2.17. The van der Waals surface area contributed by atoms with Gasteiger partial charge in [0.15, 0.2) is 0 Å². The van der Waals surface area contributed by atoms with Crippen LogP contribution in [0.2, 0.25) is 0 Å². The summed E-state index contributed by atoms with van der Waals surface area (Å²) in [4.78, 5) is 16.7. The van der Waals surface area contributed by atoms with Crippen LogP contribution in [0.3, 0.4) is 0 Å². The van der Waals surface area contributed by atoms with E-state index in [2.05, 4.69) is 31.0 Å². The lowest BCUT2D eigenvalue weighted by molar-refractivity contribution is 0.0951. The molecule has 6 heteroatoms. The van der Waals surface area contributed by atoms with Crippen molar-refractivity contribution in [2.75, 3.05) is 44.2 Å². The van der Waals surface area contributed by atoms with Crippen molar-refractivity contribution in [3.63, 3.8) is 0 Å². The minimum absolute atomic E-state index is 0.0290. The van der Waals surface area contributed by atoms with Crippen LogP contribution in [0, 0.1) is 5.82 Å². The summed E-state index contributed by atoms with van der Waals surface area (Å²) in [6, 6.07) is 14.1. The minimum Gasteiger partial charge on any atom is -0.369 e. The third-order valence-electron chi connectivity index (χ3n) is 4.61. The van der Waals surface area contributed by atoms with E-state index in [0.29, 0.717) is 12.1 Å². The lowest BCUT2D eigenvalue weighted by Gasteiger charge is -2.36. The van der Waals surface area contributed by atoms with Crippen LogP contribution in [0.5, 0.6) is 0 Å². The summed E-state index contributed by atoms with van der Waals surface area (Å²) in [7, 11) is 0. The molecular formula is C20H23BrFN3O. The normalized spacial score (nSPS) is 15.1. The van der Waals surface area contributed by atoms with E-state index < -0.39 is 0 Å². The van der Waals surface area contributed by atoms with Gasteiger partial charge in [0.05, 0.1) is 0 Å². The average molecular weight is 420 g/mol. The standard InChI is InChI=1S/C20H23BrFN3O/c21-17-4-2-16(3-5-17)20(26)23-10-1-11-24-12-14-25(15-13-24)19-8-6-18(22)7-9-19/h2-9H,1,10-15H2,(H,23,26). The van der Waals surface area contributed by atoms with Crippen molar-refractivity contribution in [2.24, 2.45) is 0 Å². The summed E-state index contributed by atoms with van der Waals surface area (Å²) >= 11 is 3.37. The molecule has 2 aromatic rings. The van der Waals surface area contributed by atoms with E-state index in [1.54, 1.807) is 0 Å². The van der Waals surface area contributed by atoms with Gasteiger partial charge < -0.3 is 10.2 Å². The molecule has 26 heavy (non-hydrogen) atoms. The number of nitrogens with one attached hydrogen (secondary N) is 1. The zero-order valence-corrected chi connectivity index (χ0v) is 16.2. The van der Waals surface area contributed by atoms with Gasteiger partial charge in [0.1, 0.15) is 5.82 Å². The summed E-state index contributed by atoms with van der Waals surface area (Å²) < 4.78 is 14.0. The average Bonchev–Trinajstić information content (AvgIpc) is 2.67. The predicted molar refractivity (Wildman–Crippen MR) is 106 cm³/mol. The molecule has 1 heterocycles. The minimum atomic E-state index is -0.197.